The molecule has 170 valence electrons. The molecule has 8 nitrogen and oxygen atoms in total. The molecule has 1 saturated heterocycles. The maximum Gasteiger partial charge on any atom is 0.240 e. The number of nitrogens with two attached hydrogens (primary N) is 1. The standard InChI is InChI=1S/C24H32N6O2/c1-17-13-20(29-11-7-8-12-29)22-28-27-21(30(22)14-17)19(26-23(31)24(2,3)25)16-32-15-18-9-5-4-6-10-18/h4-6,9-10,13-14,19H,7-8,11-12,15-16,25H2,1-3H3,(H,26,31)/t19-/m1/s1. The number of aromatic nitrogens is 3. The number of amides is 1. The third-order valence-corrected chi connectivity index (χ3v) is 5.69. The number of carbonyl (C=O) groups excluding carboxylic acids is 1. The molecule has 2 aromatic heterocycles. The SMILES string of the molecule is Cc1cc(N2CCCC2)c2nnc([C@@H](COCc3ccccc3)NC(=O)C(C)(C)N)n2c1. The maximum atomic E-state index is 12.7. The number of nitrogens with one attached hydrogen (secondary N) is 1. The summed E-state index contributed by atoms with van der Waals surface area (Å²) in [6, 6.07) is 11.6. The molecular weight excluding hydrogens is 404 g/mol. The fraction of sp³-hybridized carbons (Fsp3) is 0.458. The molecule has 0 aliphatic carbocycles. The Morgan fingerprint density at radius 3 is 2.62 bits per heavy atom. The number of anilines is 1. The minimum Gasteiger partial charge on any atom is -0.374 e. The largest absolute Gasteiger partial charge is 0.374 e. The number of hydrogen-bond acceptors (Lipinski definition) is 6. The van der Waals surface area contributed by atoms with Gasteiger partial charge >= 0.3 is 0 Å². The first-order chi connectivity index (χ1) is 15.3. The molecule has 3 aromatic rings. The number of pyridine rings is 1. The van der Waals surface area contributed by atoms with Crippen molar-refractivity contribution < 1.29 is 9.53 Å². The van der Waals surface area contributed by atoms with Crippen LogP contribution < -0.4 is 16.0 Å². The lowest BCUT2D eigenvalue weighted by atomic mass is 10.1. The van der Waals surface area contributed by atoms with Crippen molar-refractivity contribution in [2.45, 2.75) is 51.8 Å². The molecule has 3 N–H and O–H groups in total. The summed E-state index contributed by atoms with van der Waals surface area (Å²) in [4.78, 5) is 15.1. The molecule has 0 bridgehead atoms. The van der Waals surface area contributed by atoms with Crippen LogP contribution in [0.25, 0.3) is 5.65 Å². The second-order valence-corrected chi connectivity index (χ2v) is 9.10. The number of hydrogen-bond donors (Lipinski definition) is 2. The van der Waals surface area contributed by atoms with Crippen LogP contribution in [0.5, 0.6) is 0 Å². The van der Waals surface area contributed by atoms with Crippen LogP contribution in [-0.2, 0) is 16.1 Å². The summed E-state index contributed by atoms with van der Waals surface area (Å²) in [6.45, 7) is 8.15. The van der Waals surface area contributed by atoms with Crippen molar-refractivity contribution in [2.24, 2.45) is 5.73 Å². The Hall–Kier alpha value is -2.97. The summed E-state index contributed by atoms with van der Waals surface area (Å²) in [5.74, 6) is 0.366. The zero-order chi connectivity index (χ0) is 22.7. The van der Waals surface area contributed by atoms with Crippen molar-refractivity contribution in [3.05, 3.63) is 59.5 Å². The van der Waals surface area contributed by atoms with E-state index >= 15 is 0 Å². The maximum absolute atomic E-state index is 12.7. The van der Waals surface area contributed by atoms with E-state index in [1.54, 1.807) is 13.8 Å². The van der Waals surface area contributed by atoms with E-state index in [4.69, 9.17) is 10.5 Å². The molecule has 0 radical (unpaired) electrons. The van der Waals surface area contributed by atoms with Crippen LogP contribution in [0.4, 0.5) is 5.69 Å². The van der Waals surface area contributed by atoms with Crippen LogP contribution in [0.1, 0.15) is 49.7 Å². The van der Waals surface area contributed by atoms with Crippen molar-refractivity contribution in [1.29, 1.82) is 0 Å². The van der Waals surface area contributed by atoms with E-state index in [1.807, 2.05) is 40.9 Å². The molecular formula is C24H32N6O2. The fourth-order valence-electron chi connectivity index (χ4n) is 3.95. The Bertz CT molecular complexity index is 1070. The van der Waals surface area contributed by atoms with Crippen LogP contribution in [0, 0.1) is 6.92 Å². The summed E-state index contributed by atoms with van der Waals surface area (Å²) in [7, 11) is 0. The molecule has 1 amide bonds. The second-order valence-electron chi connectivity index (χ2n) is 9.10. The lowest BCUT2D eigenvalue weighted by Crippen LogP contribution is -2.50. The van der Waals surface area contributed by atoms with Gasteiger partial charge in [-0.25, -0.2) is 0 Å². The number of fused-ring (bicyclic) bond motifs is 1. The monoisotopic (exact) mass is 436 g/mol. The van der Waals surface area contributed by atoms with Crippen LogP contribution in [0.15, 0.2) is 42.6 Å². The Labute approximate surface area is 188 Å². The van der Waals surface area contributed by atoms with Gasteiger partial charge in [0.25, 0.3) is 0 Å². The molecule has 32 heavy (non-hydrogen) atoms. The molecule has 0 spiro atoms. The highest BCUT2D eigenvalue weighted by Gasteiger charge is 2.29. The topological polar surface area (TPSA) is 97.8 Å². The van der Waals surface area contributed by atoms with Gasteiger partial charge in [0.2, 0.25) is 5.91 Å². The highest BCUT2D eigenvalue weighted by atomic mass is 16.5. The van der Waals surface area contributed by atoms with E-state index in [2.05, 4.69) is 33.4 Å². The first kappa shape index (κ1) is 22.2. The normalized spacial score (nSPS) is 15.3. The Balaban J connectivity index is 1.64. The van der Waals surface area contributed by atoms with Crippen LogP contribution >= 0.6 is 0 Å². The zero-order valence-electron chi connectivity index (χ0n) is 19.0. The van der Waals surface area contributed by atoms with Gasteiger partial charge in [0.05, 0.1) is 24.4 Å². The van der Waals surface area contributed by atoms with Gasteiger partial charge in [0.1, 0.15) is 6.04 Å². The summed E-state index contributed by atoms with van der Waals surface area (Å²) >= 11 is 0. The number of aryl methyl sites for hydroxylation is 1. The van der Waals surface area contributed by atoms with Crippen molar-refractivity contribution in [1.82, 2.24) is 19.9 Å². The third-order valence-electron chi connectivity index (χ3n) is 5.69. The molecule has 1 aliphatic rings. The van der Waals surface area contributed by atoms with Gasteiger partial charge in [0, 0.05) is 19.3 Å². The Morgan fingerprint density at radius 1 is 1.22 bits per heavy atom. The van der Waals surface area contributed by atoms with Gasteiger partial charge in [-0.1, -0.05) is 30.3 Å². The summed E-state index contributed by atoms with van der Waals surface area (Å²) < 4.78 is 7.96. The Morgan fingerprint density at radius 2 is 1.94 bits per heavy atom. The second kappa shape index (κ2) is 9.26. The lowest BCUT2D eigenvalue weighted by molar-refractivity contribution is -0.126. The minimum absolute atomic E-state index is 0.254. The highest BCUT2D eigenvalue weighted by molar-refractivity contribution is 5.85. The van der Waals surface area contributed by atoms with Gasteiger partial charge in [-0.2, -0.15) is 0 Å². The number of rotatable bonds is 8. The van der Waals surface area contributed by atoms with E-state index in [0.717, 1.165) is 35.6 Å². The van der Waals surface area contributed by atoms with Crippen molar-refractivity contribution >= 4 is 17.2 Å². The zero-order valence-corrected chi connectivity index (χ0v) is 19.0. The summed E-state index contributed by atoms with van der Waals surface area (Å²) in [5, 5.41) is 12.0. The predicted octanol–water partition coefficient (Wildman–Crippen LogP) is 2.75. The predicted molar refractivity (Wildman–Crippen MR) is 124 cm³/mol. The Kier molecular flexibility index (Phi) is 6.43. The van der Waals surface area contributed by atoms with E-state index in [-0.39, 0.29) is 12.5 Å². The number of carbonyl (C=O) groups is 1. The van der Waals surface area contributed by atoms with Crippen molar-refractivity contribution in [3.8, 4) is 0 Å². The number of ether oxygens (including phenoxy) is 1. The van der Waals surface area contributed by atoms with Crippen LogP contribution in [-0.4, -0.2) is 45.7 Å². The molecule has 8 heteroatoms. The quantitative estimate of drug-likeness (QED) is 0.564. The van der Waals surface area contributed by atoms with Gasteiger partial charge in [-0.3, -0.25) is 9.20 Å². The summed E-state index contributed by atoms with van der Waals surface area (Å²) in [5.41, 5.74) is 9.07. The van der Waals surface area contributed by atoms with Crippen LogP contribution in [0.3, 0.4) is 0 Å². The van der Waals surface area contributed by atoms with Crippen molar-refractivity contribution in [2.75, 3.05) is 24.6 Å². The van der Waals surface area contributed by atoms with E-state index in [1.165, 1.54) is 12.8 Å². The van der Waals surface area contributed by atoms with Crippen LogP contribution in [0.2, 0.25) is 0 Å². The smallest absolute Gasteiger partial charge is 0.240 e. The average Bonchev–Trinajstić information content (AvgIpc) is 3.43. The average molecular weight is 437 g/mol. The van der Waals surface area contributed by atoms with Gasteiger partial charge in [-0.05, 0) is 50.8 Å². The third kappa shape index (κ3) is 4.92. The minimum atomic E-state index is -1.02. The van der Waals surface area contributed by atoms with Crippen molar-refractivity contribution in [3.63, 3.8) is 0 Å². The highest BCUT2D eigenvalue weighted by Crippen LogP contribution is 2.27. The van der Waals surface area contributed by atoms with E-state index in [9.17, 15) is 4.79 Å². The first-order valence-electron chi connectivity index (χ1n) is 11.1. The molecule has 1 aliphatic heterocycles. The molecule has 1 fully saturated rings. The number of benzene rings is 1. The van der Waals surface area contributed by atoms with E-state index in [0.29, 0.717) is 12.4 Å². The number of nitrogens with zero attached hydrogens (tertiary/aromatic N) is 4. The summed E-state index contributed by atoms with van der Waals surface area (Å²) in [6.07, 6.45) is 4.37. The molecule has 1 aromatic carbocycles. The van der Waals surface area contributed by atoms with E-state index < -0.39 is 11.6 Å². The fourth-order valence-corrected chi connectivity index (χ4v) is 3.95. The lowest BCUT2D eigenvalue weighted by Gasteiger charge is -2.24. The molecule has 0 unspecified atom stereocenters. The molecule has 3 heterocycles. The van der Waals surface area contributed by atoms with Gasteiger partial charge in [-0.15, -0.1) is 10.2 Å². The first-order valence-corrected chi connectivity index (χ1v) is 11.1. The van der Waals surface area contributed by atoms with Gasteiger partial charge in [0.15, 0.2) is 11.5 Å². The molecule has 0 saturated carbocycles. The molecule has 1 atom stereocenters. The van der Waals surface area contributed by atoms with Gasteiger partial charge < -0.3 is 20.7 Å². The molecule has 4 rings (SSSR count).